The van der Waals surface area contributed by atoms with Crippen LogP contribution in [-0.2, 0) is 4.79 Å². The van der Waals surface area contributed by atoms with Gasteiger partial charge in [0.2, 0.25) is 0 Å². The molecule has 2 heterocycles. The Labute approximate surface area is 150 Å². The van der Waals surface area contributed by atoms with Gasteiger partial charge in [0.15, 0.2) is 0 Å². The normalized spacial score (nSPS) is 23.5. The maximum absolute atomic E-state index is 12.9. The van der Waals surface area contributed by atoms with Gasteiger partial charge in [-0.25, -0.2) is 4.79 Å². The average Bonchev–Trinajstić information content (AvgIpc) is 3.00. The molecule has 0 aromatic heterocycles. The molecule has 2 unspecified atom stereocenters. The topological polar surface area (TPSA) is 89.9 Å². The van der Waals surface area contributed by atoms with Crippen molar-refractivity contribution >= 4 is 35.2 Å². The molecule has 0 aliphatic carbocycles. The summed E-state index contributed by atoms with van der Waals surface area (Å²) in [6.45, 7) is 3.67. The van der Waals surface area contributed by atoms with E-state index in [4.69, 9.17) is 11.6 Å². The van der Waals surface area contributed by atoms with E-state index in [1.165, 1.54) is 0 Å². The molecule has 7 nitrogen and oxygen atoms in total. The third-order valence-corrected chi connectivity index (χ3v) is 4.97. The molecular weight excluding hydrogens is 346 g/mol. The van der Waals surface area contributed by atoms with Crippen molar-refractivity contribution < 1.29 is 19.5 Å². The van der Waals surface area contributed by atoms with Crippen LogP contribution in [0.5, 0.6) is 0 Å². The number of carbonyl (C=O) groups is 3. The Morgan fingerprint density at radius 1 is 1.32 bits per heavy atom. The van der Waals surface area contributed by atoms with E-state index in [9.17, 15) is 19.5 Å². The summed E-state index contributed by atoms with van der Waals surface area (Å²) in [5.41, 5.74) is 0.889. The lowest BCUT2D eigenvalue weighted by molar-refractivity contribution is -0.143. The molecule has 0 bridgehead atoms. The molecule has 2 aliphatic rings. The summed E-state index contributed by atoms with van der Waals surface area (Å²) in [6.07, 6.45) is 0.556. The van der Waals surface area contributed by atoms with Gasteiger partial charge in [-0.15, -0.1) is 0 Å². The lowest BCUT2D eigenvalue weighted by atomic mass is 9.90. The number of carboxylic acids is 1. The number of aliphatic carboxylic acids is 1. The van der Waals surface area contributed by atoms with Crippen molar-refractivity contribution in [3.63, 3.8) is 0 Å². The van der Waals surface area contributed by atoms with E-state index < -0.39 is 11.9 Å². The van der Waals surface area contributed by atoms with Gasteiger partial charge in [-0.1, -0.05) is 18.5 Å². The molecule has 0 spiro atoms. The molecule has 3 amide bonds. The first-order valence-electron chi connectivity index (χ1n) is 8.24. The minimum Gasteiger partial charge on any atom is -0.481 e. The third-order valence-electron chi connectivity index (χ3n) is 4.64. The van der Waals surface area contributed by atoms with Gasteiger partial charge in [0.25, 0.3) is 5.91 Å². The number of hydrogen-bond donors (Lipinski definition) is 2. The van der Waals surface area contributed by atoms with Crippen LogP contribution in [0.3, 0.4) is 0 Å². The van der Waals surface area contributed by atoms with Gasteiger partial charge in [-0.05, 0) is 30.5 Å². The lowest BCUT2D eigenvalue weighted by Crippen LogP contribution is -2.45. The number of piperidine rings is 1. The van der Waals surface area contributed by atoms with Gasteiger partial charge < -0.3 is 15.3 Å². The summed E-state index contributed by atoms with van der Waals surface area (Å²) in [4.78, 5) is 39.1. The van der Waals surface area contributed by atoms with Crippen LogP contribution in [-0.4, -0.2) is 54.1 Å². The fourth-order valence-corrected chi connectivity index (χ4v) is 3.63. The van der Waals surface area contributed by atoms with Crippen molar-refractivity contribution in [2.45, 2.75) is 13.3 Å². The number of anilines is 1. The van der Waals surface area contributed by atoms with Gasteiger partial charge in [-0.3, -0.25) is 14.5 Å². The number of nitrogens with zero attached hydrogens (tertiary/aromatic N) is 2. The summed E-state index contributed by atoms with van der Waals surface area (Å²) in [6, 6.07) is 4.68. The van der Waals surface area contributed by atoms with Crippen LogP contribution in [0.4, 0.5) is 10.5 Å². The monoisotopic (exact) mass is 365 g/mol. The predicted molar refractivity (Wildman–Crippen MR) is 93.0 cm³/mol. The van der Waals surface area contributed by atoms with Crippen molar-refractivity contribution in [1.29, 1.82) is 0 Å². The molecule has 1 aromatic rings. The number of amides is 3. The molecule has 2 aliphatic heterocycles. The fourth-order valence-electron chi connectivity index (χ4n) is 3.43. The van der Waals surface area contributed by atoms with E-state index in [1.807, 2.05) is 6.92 Å². The zero-order chi connectivity index (χ0) is 18.1. The van der Waals surface area contributed by atoms with Crippen LogP contribution in [0.1, 0.15) is 23.7 Å². The first kappa shape index (κ1) is 17.5. The second-order valence-corrected chi connectivity index (χ2v) is 7.04. The maximum Gasteiger partial charge on any atom is 0.321 e. The Balaban J connectivity index is 1.86. The van der Waals surface area contributed by atoms with E-state index in [1.54, 1.807) is 28.0 Å². The molecule has 2 N–H and O–H groups in total. The van der Waals surface area contributed by atoms with Crippen LogP contribution in [0.2, 0.25) is 5.02 Å². The number of carbonyl (C=O) groups excluding carboxylic acids is 2. The van der Waals surface area contributed by atoms with Crippen molar-refractivity contribution in [1.82, 2.24) is 10.2 Å². The highest BCUT2D eigenvalue weighted by molar-refractivity contribution is 6.34. The second kappa shape index (κ2) is 6.92. The van der Waals surface area contributed by atoms with E-state index in [-0.39, 0.29) is 30.0 Å². The first-order chi connectivity index (χ1) is 11.9. The molecule has 2 saturated heterocycles. The Morgan fingerprint density at radius 2 is 2.08 bits per heavy atom. The van der Waals surface area contributed by atoms with Gasteiger partial charge in [0, 0.05) is 31.9 Å². The summed E-state index contributed by atoms with van der Waals surface area (Å²) in [5, 5.41) is 12.3. The van der Waals surface area contributed by atoms with Gasteiger partial charge in [-0.2, -0.15) is 0 Å². The van der Waals surface area contributed by atoms with Crippen molar-refractivity contribution in [2.24, 2.45) is 11.8 Å². The minimum atomic E-state index is -0.891. The van der Waals surface area contributed by atoms with Crippen molar-refractivity contribution in [3.05, 3.63) is 28.8 Å². The largest absolute Gasteiger partial charge is 0.481 e. The molecule has 1 aromatic carbocycles. The summed E-state index contributed by atoms with van der Waals surface area (Å²) >= 11 is 6.21. The predicted octanol–water partition coefficient (Wildman–Crippen LogP) is 2.05. The lowest BCUT2D eigenvalue weighted by Gasteiger charge is -2.35. The summed E-state index contributed by atoms with van der Waals surface area (Å²) in [5.74, 6) is -1.66. The molecule has 3 rings (SSSR count). The Kier molecular flexibility index (Phi) is 4.85. The van der Waals surface area contributed by atoms with Crippen LogP contribution in [0.25, 0.3) is 0 Å². The standard InChI is InChI=1S/C17H20ClN3O4/c1-10-6-11(16(23)24)9-20(8-10)15(22)13-7-12(2-3-14(13)18)21-5-4-19-17(21)25/h2-3,7,10-11H,4-6,8-9H2,1H3,(H,19,25)(H,23,24). The number of hydrogen-bond acceptors (Lipinski definition) is 3. The third kappa shape index (κ3) is 3.56. The molecule has 0 saturated carbocycles. The van der Waals surface area contributed by atoms with Crippen LogP contribution in [0.15, 0.2) is 18.2 Å². The molecule has 8 heteroatoms. The number of rotatable bonds is 3. The fraction of sp³-hybridized carbons (Fsp3) is 0.471. The molecule has 134 valence electrons. The Bertz CT molecular complexity index is 724. The highest BCUT2D eigenvalue weighted by Crippen LogP contribution is 2.28. The average molecular weight is 366 g/mol. The van der Waals surface area contributed by atoms with Crippen LogP contribution >= 0.6 is 11.6 Å². The molecular formula is C17H20ClN3O4. The van der Waals surface area contributed by atoms with Crippen LogP contribution < -0.4 is 10.2 Å². The van der Waals surface area contributed by atoms with E-state index in [2.05, 4.69) is 5.32 Å². The van der Waals surface area contributed by atoms with Gasteiger partial charge in [0.1, 0.15) is 0 Å². The van der Waals surface area contributed by atoms with Crippen molar-refractivity contribution in [2.75, 3.05) is 31.1 Å². The number of likely N-dealkylation sites (tertiary alicyclic amines) is 1. The maximum atomic E-state index is 12.9. The van der Waals surface area contributed by atoms with Crippen LogP contribution in [0, 0.1) is 11.8 Å². The molecule has 0 radical (unpaired) electrons. The molecule has 2 fully saturated rings. The quantitative estimate of drug-likeness (QED) is 0.857. The van der Waals surface area contributed by atoms with E-state index in [0.29, 0.717) is 36.8 Å². The Hall–Kier alpha value is -2.28. The summed E-state index contributed by atoms with van der Waals surface area (Å²) < 4.78 is 0. The van der Waals surface area contributed by atoms with E-state index >= 15 is 0 Å². The number of urea groups is 1. The Morgan fingerprint density at radius 3 is 2.72 bits per heavy atom. The highest BCUT2D eigenvalue weighted by atomic mass is 35.5. The molecule has 25 heavy (non-hydrogen) atoms. The zero-order valence-electron chi connectivity index (χ0n) is 13.9. The highest BCUT2D eigenvalue weighted by Gasteiger charge is 2.33. The van der Waals surface area contributed by atoms with Crippen molar-refractivity contribution in [3.8, 4) is 0 Å². The van der Waals surface area contributed by atoms with Gasteiger partial charge >= 0.3 is 12.0 Å². The number of halogens is 1. The SMILES string of the molecule is CC1CC(C(=O)O)CN(C(=O)c2cc(N3CCNC3=O)ccc2Cl)C1. The number of carboxylic acid groups (broad SMARTS) is 1. The number of benzene rings is 1. The smallest absolute Gasteiger partial charge is 0.321 e. The summed E-state index contributed by atoms with van der Waals surface area (Å²) in [7, 11) is 0. The molecule has 2 atom stereocenters. The van der Waals surface area contributed by atoms with Gasteiger partial charge in [0.05, 0.1) is 16.5 Å². The number of nitrogens with one attached hydrogen (secondary N) is 1. The second-order valence-electron chi connectivity index (χ2n) is 6.63. The first-order valence-corrected chi connectivity index (χ1v) is 8.61. The zero-order valence-corrected chi connectivity index (χ0v) is 14.6. The minimum absolute atomic E-state index is 0.102. The van der Waals surface area contributed by atoms with E-state index in [0.717, 1.165) is 0 Å².